The zero-order valence-electron chi connectivity index (χ0n) is 12.0. The van der Waals surface area contributed by atoms with Gasteiger partial charge in [-0.2, -0.15) is 0 Å². The maximum absolute atomic E-state index is 12.0. The molecular weight excluding hydrogens is 342 g/mol. The predicted molar refractivity (Wildman–Crippen MR) is 89.8 cm³/mol. The first-order valence-electron chi connectivity index (χ1n) is 6.65. The Labute approximate surface area is 139 Å². The number of thiophene rings is 1. The highest BCUT2D eigenvalue weighted by Crippen LogP contribution is 2.23. The van der Waals surface area contributed by atoms with E-state index in [-0.39, 0.29) is 11.8 Å². The molecule has 0 fully saturated rings. The molecule has 1 unspecified atom stereocenters. The Balaban J connectivity index is 1.93. The van der Waals surface area contributed by atoms with Gasteiger partial charge >= 0.3 is 0 Å². The highest BCUT2D eigenvalue weighted by atomic mass is 35.5. The van der Waals surface area contributed by atoms with Gasteiger partial charge in [-0.05, 0) is 24.6 Å². The van der Waals surface area contributed by atoms with Crippen molar-refractivity contribution in [2.24, 2.45) is 0 Å². The number of halogens is 1. The number of rotatable bonds is 6. The van der Waals surface area contributed by atoms with Crippen LogP contribution in [0.2, 0.25) is 4.34 Å². The molecule has 1 amide bonds. The first-order valence-corrected chi connectivity index (χ1v) is 9.66. The molecule has 0 aliphatic heterocycles. The van der Waals surface area contributed by atoms with E-state index < -0.39 is 21.5 Å². The molecular formula is C15H16ClNO3S2. The fourth-order valence-electron chi connectivity index (χ4n) is 2.01. The normalized spacial score (nSPS) is 12.8. The lowest BCUT2D eigenvalue weighted by Crippen LogP contribution is -2.32. The summed E-state index contributed by atoms with van der Waals surface area (Å²) in [4.78, 5) is 12.6. The summed E-state index contributed by atoms with van der Waals surface area (Å²) in [5.41, 5.74) is 0.929. The molecule has 0 aliphatic rings. The smallest absolute Gasteiger partial charge is 0.235 e. The number of nitrogens with one attached hydrogen (secondary N) is 1. The maximum atomic E-state index is 12.0. The van der Waals surface area contributed by atoms with E-state index in [9.17, 15) is 13.2 Å². The molecule has 1 aromatic carbocycles. The molecule has 4 nitrogen and oxygen atoms in total. The van der Waals surface area contributed by atoms with Gasteiger partial charge in [-0.3, -0.25) is 4.79 Å². The molecule has 1 aromatic heterocycles. The molecule has 1 atom stereocenters. The van der Waals surface area contributed by atoms with Crippen LogP contribution in [-0.4, -0.2) is 20.1 Å². The van der Waals surface area contributed by atoms with Crippen LogP contribution in [0.4, 0.5) is 0 Å². The first-order chi connectivity index (χ1) is 10.4. The van der Waals surface area contributed by atoms with Crippen LogP contribution in [0.25, 0.3) is 0 Å². The Morgan fingerprint density at radius 1 is 1.23 bits per heavy atom. The third-order valence-electron chi connectivity index (χ3n) is 3.02. The number of carbonyl (C=O) groups excluding carboxylic acids is 1. The summed E-state index contributed by atoms with van der Waals surface area (Å²) in [5.74, 6) is -1.20. The van der Waals surface area contributed by atoms with Crippen LogP contribution in [0, 0.1) is 0 Å². The van der Waals surface area contributed by atoms with Crippen molar-refractivity contribution in [1.82, 2.24) is 5.32 Å². The van der Waals surface area contributed by atoms with Gasteiger partial charge in [-0.25, -0.2) is 8.42 Å². The molecule has 2 rings (SSSR count). The lowest BCUT2D eigenvalue weighted by atomic mass is 10.1. The van der Waals surface area contributed by atoms with Crippen molar-refractivity contribution in [2.45, 2.75) is 18.7 Å². The van der Waals surface area contributed by atoms with Gasteiger partial charge in [-0.1, -0.05) is 41.9 Å². The van der Waals surface area contributed by atoms with Crippen molar-refractivity contribution in [2.75, 3.05) is 5.75 Å². The molecule has 0 saturated carbocycles. The van der Waals surface area contributed by atoms with Gasteiger partial charge in [0, 0.05) is 4.88 Å². The fourth-order valence-corrected chi connectivity index (χ4v) is 4.78. The molecule has 2 aromatic rings. The van der Waals surface area contributed by atoms with Gasteiger partial charge in [0.25, 0.3) is 0 Å². The van der Waals surface area contributed by atoms with Crippen LogP contribution < -0.4 is 5.32 Å². The van der Waals surface area contributed by atoms with Crippen LogP contribution in [-0.2, 0) is 20.4 Å². The van der Waals surface area contributed by atoms with Crippen LogP contribution >= 0.6 is 22.9 Å². The minimum absolute atomic E-state index is 0.169. The van der Waals surface area contributed by atoms with E-state index in [1.807, 2.05) is 37.3 Å². The predicted octanol–water partition coefficient (Wildman–Crippen LogP) is 3.19. The molecule has 0 spiro atoms. The minimum atomic E-state index is -3.51. The van der Waals surface area contributed by atoms with Crippen LogP contribution in [0.1, 0.15) is 23.4 Å². The second kappa shape index (κ2) is 7.26. The zero-order valence-corrected chi connectivity index (χ0v) is 14.3. The van der Waals surface area contributed by atoms with Gasteiger partial charge in [0.15, 0.2) is 9.84 Å². The molecule has 0 aliphatic carbocycles. The van der Waals surface area contributed by atoms with Crippen molar-refractivity contribution >= 4 is 38.7 Å². The lowest BCUT2D eigenvalue weighted by molar-refractivity contribution is -0.119. The van der Waals surface area contributed by atoms with Crippen molar-refractivity contribution in [1.29, 1.82) is 0 Å². The Morgan fingerprint density at radius 2 is 1.91 bits per heavy atom. The molecule has 0 bridgehead atoms. The Hall–Kier alpha value is -1.37. The van der Waals surface area contributed by atoms with Gasteiger partial charge < -0.3 is 5.32 Å². The Morgan fingerprint density at radius 3 is 2.50 bits per heavy atom. The third kappa shape index (κ3) is 5.12. The molecule has 22 heavy (non-hydrogen) atoms. The van der Waals surface area contributed by atoms with E-state index in [4.69, 9.17) is 11.6 Å². The molecule has 118 valence electrons. The van der Waals surface area contributed by atoms with E-state index in [0.29, 0.717) is 9.21 Å². The van der Waals surface area contributed by atoms with E-state index in [1.165, 1.54) is 11.3 Å². The van der Waals surface area contributed by atoms with Crippen molar-refractivity contribution in [3.63, 3.8) is 0 Å². The van der Waals surface area contributed by atoms with E-state index in [1.54, 1.807) is 12.1 Å². The minimum Gasteiger partial charge on any atom is -0.349 e. The summed E-state index contributed by atoms with van der Waals surface area (Å²) in [6, 6.07) is 12.5. The summed E-state index contributed by atoms with van der Waals surface area (Å²) in [6.45, 7) is 1.82. The number of amides is 1. The average molecular weight is 358 g/mol. The summed E-state index contributed by atoms with van der Waals surface area (Å²) in [6.07, 6.45) is 0. The number of sulfone groups is 1. The van der Waals surface area contributed by atoms with Gasteiger partial charge in [0.05, 0.1) is 16.1 Å². The second-order valence-corrected chi connectivity index (χ2v) is 8.80. The monoisotopic (exact) mass is 357 g/mol. The van der Waals surface area contributed by atoms with Crippen molar-refractivity contribution < 1.29 is 13.2 Å². The molecule has 0 saturated heterocycles. The molecule has 1 N–H and O–H groups in total. The third-order valence-corrected chi connectivity index (χ3v) is 5.89. The summed E-state index contributed by atoms with van der Waals surface area (Å²) in [7, 11) is -3.51. The standard InChI is InChI=1S/C15H16ClNO3S2/c1-11(12-5-3-2-4-6-12)17-15(18)10-22(19,20)9-13-7-8-14(16)21-13/h2-8,11H,9-10H2,1H3,(H,17,18). The van der Waals surface area contributed by atoms with Gasteiger partial charge in [-0.15, -0.1) is 11.3 Å². The molecule has 1 heterocycles. The van der Waals surface area contributed by atoms with Gasteiger partial charge in [0.1, 0.15) is 5.75 Å². The number of hydrogen-bond donors (Lipinski definition) is 1. The van der Waals surface area contributed by atoms with Crippen LogP contribution in [0.15, 0.2) is 42.5 Å². The Kier molecular flexibility index (Phi) is 5.61. The zero-order chi connectivity index (χ0) is 16.2. The molecule has 7 heteroatoms. The maximum Gasteiger partial charge on any atom is 0.235 e. The van der Waals surface area contributed by atoms with Crippen molar-refractivity contribution in [3.05, 3.63) is 57.2 Å². The summed E-state index contributed by atoms with van der Waals surface area (Å²) < 4.78 is 24.6. The SMILES string of the molecule is CC(NC(=O)CS(=O)(=O)Cc1ccc(Cl)s1)c1ccccc1. The van der Waals surface area contributed by atoms with E-state index >= 15 is 0 Å². The summed E-state index contributed by atoms with van der Waals surface area (Å²) >= 11 is 6.98. The lowest BCUT2D eigenvalue weighted by Gasteiger charge is -2.14. The fraction of sp³-hybridized carbons (Fsp3) is 0.267. The van der Waals surface area contributed by atoms with Crippen molar-refractivity contribution in [3.8, 4) is 0 Å². The average Bonchev–Trinajstić information content (AvgIpc) is 2.83. The quantitative estimate of drug-likeness (QED) is 0.863. The highest BCUT2D eigenvalue weighted by molar-refractivity contribution is 7.91. The van der Waals surface area contributed by atoms with E-state index in [0.717, 1.165) is 5.56 Å². The largest absolute Gasteiger partial charge is 0.349 e. The topological polar surface area (TPSA) is 63.2 Å². The molecule has 0 radical (unpaired) electrons. The van der Waals surface area contributed by atoms with Crippen LogP contribution in [0.3, 0.4) is 0 Å². The highest BCUT2D eigenvalue weighted by Gasteiger charge is 2.20. The summed E-state index contributed by atoms with van der Waals surface area (Å²) in [5, 5.41) is 2.70. The number of hydrogen-bond acceptors (Lipinski definition) is 4. The Bertz CT molecular complexity index is 741. The first kappa shape index (κ1) is 17.0. The van der Waals surface area contributed by atoms with Gasteiger partial charge in [0.2, 0.25) is 5.91 Å². The number of carbonyl (C=O) groups is 1. The van der Waals surface area contributed by atoms with E-state index in [2.05, 4.69) is 5.32 Å². The second-order valence-electron chi connectivity index (χ2n) is 4.94. The van der Waals surface area contributed by atoms with Crippen LogP contribution in [0.5, 0.6) is 0 Å². The number of benzene rings is 1.